The van der Waals surface area contributed by atoms with E-state index in [-0.39, 0.29) is 0 Å². The molecular weight excluding hydrogens is 296 g/mol. The van der Waals surface area contributed by atoms with Gasteiger partial charge in [-0.25, -0.2) is 0 Å². The van der Waals surface area contributed by atoms with Crippen LogP contribution in [0.15, 0.2) is 48.5 Å². The molecule has 2 aromatic carbocycles. The quantitative estimate of drug-likeness (QED) is 0.865. The Morgan fingerprint density at radius 3 is 2.08 bits per heavy atom. The van der Waals surface area contributed by atoms with Crippen LogP contribution in [-0.2, 0) is 12.8 Å². The maximum absolute atomic E-state index is 5.25. The Labute approximate surface area is 143 Å². The first-order valence-electron chi connectivity index (χ1n) is 8.95. The molecule has 2 aromatic rings. The van der Waals surface area contributed by atoms with E-state index in [1.165, 1.54) is 44.7 Å². The molecule has 3 heteroatoms. The lowest BCUT2D eigenvalue weighted by atomic mass is 9.71. The summed E-state index contributed by atoms with van der Waals surface area (Å²) in [5.41, 5.74) is 5.01. The van der Waals surface area contributed by atoms with Crippen LogP contribution in [0.4, 0.5) is 5.69 Å². The summed E-state index contributed by atoms with van der Waals surface area (Å²) in [7, 11) is 1.72. The highest BCUT2D eigenvalue weighted by atomic mass is 16.5. The van der Waals surface area contributed by atoms with Crippen LogP contribution in [0.3, 0.4) is 0 Å². The maximum atomic E-state index is 5.25. The third-order valence-electron chi connectivity index (χ3n) is 6.11. The Bertz CT molecular complexity index is 716. The van der Waals surface area contributed by atoms with Crippen LogP contribution in [0.1, 0.15) is 11.1 Å². The molecule has 3 aliphatic rings. The van der Waals surface area contributed by atoms with Gasteiger partial charge in [-0.2, -0.15) is 0 Å². The first kappa shape index (κ1) is 14.4. The molecule has 3 nitrogen and oxygen atoms in total. The van der Waals surface area contributed by atoms with Crippen molar-refractivity contribution in [1.29, 1.82) is 0 Å². The molecule has 2 heterocycles. The SMILES string of the molecule is COc1ccc(N2CC3(C2)CN(C2Cc4ccccc4C2)C3)cc1. The third-order valence-corrected chi connectivity index (χ3v) is 6.11. The molecule has 0 radical (unpaired) electrons. The Balaban J connectivity index is 1.17. The Morgan fingerprint density at radius 2 is 1.50 bits per heavy atom. The zero-order chi connectivity index (χ0) is 16.1. The lowest BCUT2D eigenvalue weighted by Gasteiger charge is -2.62. The van der Waals surface area contributed by atoms with Crippen LogP contribution in [0.25, 0.3) is 0 Å². The molecule has 0 unspecified atom stereocenters. The smallest absolute Gasteiger partial charge is 0.119 e. The molecule has 2 saturated heterocycles. The fraction of sp³-hybridized carbons (Fsp3) is 0.429. The van der Waals surface area contributed by atoms with Crippen molar-refractivity contribution in [2.45, 2.75) is 18.9 Å². The number of nitrogens with zero attached hydrogens (tertiary/aromatic N) is 2. The number of hydrogen-bond acceptors (Lipinski definition) is 3. The minimum absolute atomic E-state index is 0.550. The first-order chi connectivity index (χ1) is 11.7. The number of methoxy groups -OCH3 is 1. The van der Waals surface area contributed by atoms with Crippen molar-refractivity contribution >= 4 is 5.69 Å². The van der Waals surface area contributed by atoms with Crippen LogP contribution >= 0.6 is 0 Å². The minimum atomic E-state index is 0.550. The van der Waals surface area contributed by atoms with E-state index in [1.807, 2.05) is 0 Å². The van der Waals surface area contributed by atoms with Crippen molar-refractivity contribution in [3.05, 3.63) is 59.7 Å². The number of anilines is 1. The van der Waals surface area contributed by atoms with E-state index in [4.69, 9.17) is 4.74 Å². The maximum Gasteiger partial charge on any atom is 0.119 e. The average molecular weight is 320 g/mol. The van der Waals surface area contributed by atoms with Crippen molar-refractivity contribution in [3.63, 3.8) is 0 Å². The van der Waals surface area contributed by atoms with Crippen molar-refractivity contribution in [3.8, 4) is 5.75 Å². The molecule has 2 aliphatic heterocycles. The van der Waals surface area contributed by atoms with E-state index in [1.54, 1.807) is 18.2 Å². The predicted molar refractivity (Wildman–Crippen MR) is 96.9 cm³/mol. The number of benzene rings is 2. The second-order valence-corrected chi connectivity index (χ2v) is 7.79. The van der Waals surface area contributed by atoms with E-state index < -0.39 is 0 Å². The van der Waals surface area contributed by atoms with E-state index in [0.717, 1.165) is 11.8 Å². The molecule has 1 aliphatic carbocycles. The molecule has 0 amide bonds. The van der Waals surface area contributed by atoms with Crippen LogP contribution in [0, 0.1) is 5.41 Å². The first-order valence-corrected chi connectivity index (χ1v) is 8.95. The highest BCUT2D eigenvalue weighted by Crippen LogP contribution is 2.44. The van der Waals surface area contributed by atoms with Gasteiger partial charge in [0.25, 0.3) is 0 Å². The van der Waals surface area contributed by atoms with Gasteiger partial charge in [0.15, 0.2) is 0 Å². The zero-order valence-corrected chi connectivity index (χ0v) is 14.2. The van der Waals surface area contributed by atoms with Crippen molar-refractivity contribution in [1.82, 2.24) is 4.90 Å². The normalized spacial score (nSPS) is 22.1. The summed E-state index contributed by atoms with van der Waals surface area (Å²) >= 11 is 0. The van der Waals surface area contributed by atoms with Gasteiger partial charge in [-0.1, -0.05) is 24.3 Å². The van der Waals surface area contributed by atoms with Crippen LogP contribution < -0.4 is 9.64 Å². The van der Waals surface area contributed by atoms with Crippen molar-refractivity contribution in [2.24, 2.45) is 5.41 Å². The third kappa shape index (κ3) is 2.22. The second-order valence-electron chi connectivity index (χ2n) is 7.79. The van der Waals surface area contributed by atoms with Gasteiger partial charge in [-0.15, -0.1) is 0 Å². The van der Waals surface area contributed by atoms with Gasteiger partial charge in [-0.05, 0) is 48.2 Å². The summed E-state index contributed by atoms with van der Waals surface area (Å²) in [5, 5.41) is 0. The molecule has 5 rings (SSSR count). The Hall–Kier alpha value is -2.00. The van der Waals surface area contributed by atoms with Gasteiger partial charge >= 0.3 is 0 Å². The van der Waals surface area contributed by atoms with Gasteiger partial charge < -0.3 is 9.64 Å². The molecule has 2 fully saturated rings. The van der Waals surface area contributed by atoms with E-state index in [0.29, 0.717) is 5.41 Å². The second kappa shape index (κ2) is 5.25. The van der Waals surface area contributed by atoms with E-state index in [2.05, 4.69) is 58.3 Å². The molecule has 1 spiro atoms. The van der Waals surface area contributed by atoms with Crippen LogP contribution in [0.2, 0.25) is 0 Å². The number of ether oxygens (including phenoxy) is 1. The van der Waals surface area contributed by atoms with Gasteiger partial charge in [0.05, 0.1) is 7.11 Å². The van der Waals surface area contributed by atoms with Crippen LogP contribution in [-0.4, -0.2) is 44.2 Å². The fourth-order valence-electron chi connectivity index (χ4n) is 4.81. The van der Waals surface area contributed by atoms with Crippen LogP contribution in [0.5, 0.6) is 5.75 Å². The summed E-state index contributed by atoms with van der Waals surface area (Å²) < 4.78 is 5.25. The highest BCUT2D eigenvalue weighted by Gasteiger charge is 2.53. The van der Waals surface area contributed by atoms with Gasteiger partial charge in [0.1, 0.15) is 5.75 Å². The molecule has 24 heavy (non-hydrogen) atoms. The predicted octanol–water partition coefficient (Wildman–Crippen LogP) is 2.98. The summed E-state index contributed by atoms with van der Waals surface area (Å²) in [6.45, 7) is 4.96. The molecule has 0 bridgehead atoms. The van der Waals surface area contributed by atoms with Crippen molar-refractivity contribution < 1.29 is 4.74 Å². The standard InChI is InChI=1S/C21H24N2O/c1-24-20-8-6-18(7-9-20)22-12-21(13-22)14-23(15-21)19-10-16-4-2-3-5-17(16)11-19/h2-9,19H,10-15H2,1H3. The van der Waals surface area contributed by atoms with Crippen molar-refractivity contribution in [2.75, 3.05) is 38.2 Å². The lowest BCUT2D eigenvalue weighted by molar-refractivity contribution is -0.0473. The van der Waals surface area contributed by atoms with E-state index >= 15 is 0 Å². The zero-order valence-electron chi connectivity index (χ0n) is 14.2. The Morgan fingerprint density at radius 1 is 0.875 bits per heavy atom. The number of likely N-dealkylation sites (tertiary alicyclic amines) is 1. The molecular formula is C21H24N2O. The summed E-state index contributed by atoms with van der Waals surface area (Å²) in [5.74, 6) is 0.935. The van der Waals surface area contributed by atoms with Gasteiger partial charge in [0.2, 0.25) is 0 Å². The minimum Gasteiger partial charge on any atom is -0.497 e. The molecule has 0 N–H and O–H groups in total. The molecule has 0 saturated carbocycles. The number of fused-ring (bicyclic) bond motifs is 1. The largest absolute Gasteiger partial charge is 0.497 e. The molecule has 0 atom stereocenters. The summed E-state index contributed by atoms with van der Waals surface area (Å²) in [6.07, 6.45) is 2.49. The molecule has 124 valence electrons. The summed E-state index contributed by atoms with van der Waals surface area (Å²) in [6, 6.07) is 18.2. The number of hydrogen-bond donors (Lipinski definition) is 0. The average Bonchev–Trinajstić information content (AvgIpc) is 2.96. The number of rotatable bonds is 3. The Kier molecular flexibility index (Phi) is 3.14. The van der Waals surface area contributed by atoms with Gasteiger partial charge in [0, 0.05) is 43.3 Å². The summed E-state index contributed by atoms with van der Waals surface area (Å²) in [4.78, 5) is 5.21. The lowest BCUT2D eigenvalue weighted by Crippen LogP contribution is -2.73. The monoisotopic (exact) mass is 320 g/mol. The topological polar surface area (TPSA) is 15.7 Å². The van der Waals surface area contributed by atoms with E-state index in [9.17, 15) is 0 Å². The highest BCUT2D eigenvalue weighted by molar-refractivity contribution is 5.52. The van der Waals surface area contributed by atoms with Gasteiger partial charge in [-0.3, -0.25) is 4.90 Å². The fourth-order valence-corrected chi connectivity index (χ4v) is 4.81. The molecule has 0 aromatic heterocycles.